The van der Waals surface area contributed by atoms with E-state index in [-0.39, 0.29) is 11.4 Å². The summed E-state index contributed by atoms with van der Waals surface area (Å²) in [4.78, 5) is 20.4. The third-order valence-electron chi connectivity index (χ3n) is 3.52. The summed E-state index contributed by atoms with van der Waals surface area (Å²) >= 11 is 0. The van der Waals surface area contributed by atoms with Crippen LogP contribution in [-0.2, 0) is 0 Å². The van der Waals surface area contributed by atoms with E-state index in [9.17, 15) is 20.2 Å². The maximum Gasteiger partial charge on any atom is 0.301 e. The molecule has 3 aromatic rings. The fourth-order valence-electron chi connectivity index (χ4n) is 2.24. The zero-order valence-electron chi connectivity index (χ0n) is 13.0. The van der Waals surface area contributed by atoms with E-state index in [0.29, 0.717) is 17.1 Å². The number of nitro groups is 2. The second-order valence-corrected chi connectivity index (χ2v) is 5.17. The van der Waals surface area contributed by atoms with Crippen molar-refractivity contribution in [2.45, 2.75) is 6.92 Å². The number of nitrogens with zero attached hydrogens (tertiary/aromatic N) is 3. The summed E-state index contributed by atoms with van der Waals surface area (Å²) in [5.74, 6) is 0.512. The minimum absolute atomic E-state index is 0.0473. The number of non-ortho nitro benzene ring substituents is 1. The van der Waals surface area contributed by atoms with E-state index in [4.69, 9.17) is 4.42 Å². The van der Waals surface area contributed by atoms with Crippen LogP contribution in [0.15, 0.2) is 58.0 Å². The molecule has 2 aromatic carbocycles. The van der Waals surface area contributed by atoms with Gasteiger partial charge in [-0.05, 0) is 25.1 Å². The van der Waals surface area contributed by atoms with Gasteiger partial charge in [0.05, 0.1) is 15.9 Å². The molecular weight excluding hydrogens is 328 g/mol. The molecular formula is C16H12N4O5. The van der Waals surface area contributed by atoms with Crippen LogP contribution < -0.4 is 5.43 Å². The van der Waals surface area contributed by atoms with E-state index in [1.165, 1.54) is 12.1 Å². The first-order chi connectivity index (χ1) is 12.0. The number of nitrogens with one attached hydrogen (secondary N) is 1. The van der Waals surface area contributed by atoms with Crippen molar-refractivity contribution in [3.63, 3.8) is 0 Å². The van der Waals surface area contributed by atoms with Crippen LogP contribution in [0.4, 0.5) is 17.1 Å². The quantitative estimate of drug-likeness (QED) is 0.424. The van der Waals surface area contributed by atoms with Gasteiger partial charge in [-0.1, -0.05) is 18.2 Å². The highest BCUT2D eigenvalue weighted by Crippen LogP contribution is 2.29. The number of benzene rings is 2. The predicted octanol–water partition coefficient (Wildman–Crippen LogP) is 4.09. The second kappa shape index (κ2) is 6.40. The third kappa shape index (κ3) is 3.29. The number of hydrogen-bond donors (Lipinski definition) is 1. The smallest absolute Gasteiger partial charge is 0.301 e. The number of furan rings is 1. The van der Waals surface area contributed by atoms with Crippen molar-refractivity contribution < 1.29 is 14.3 Å². The average Bonchev–Trinajstić information content (AvgIpc) is 3.03. The van der Waals surface area contributed by atoms with Gasteiger partial charge in [0.15, 0.2) is 5.76 Å². The van der Waals surface area contributed by atoms with Crippen molar-refractivity contribution in [1.29, 1.82) is 0 Å². The zero-order chi connectivity index (χ0) is 18.0. The molecule has 0 aliphatic carbocycles. The van der Waals surface area contributed by atoms with Crippen LogP contribution in [-0.4, -0.2) is 15.6 Å². The van der Waals surface area contributed by atoms with Crippen LogP contribution in [0, 0.1) is 20.2 Å². The molecule has 25 heavy (non-hydrogen) atoms. The summed E-state index contributed by atoms with van der Waals surface area (Å²) in [7, 11) is 0. The molecule has 0 radical (unpaired) electrons. The standard InChI is InChI=1S/C16H12N4O5/c1-10(16-8-11-4-2-3-5-15(11)25-16)17-18-13-7-6-12(19(21)22)9-14(13)20(23)24/h2-9,18H,1H3/b17-10-. The molecule has 0 spiro atoms. The number of nitro benzene ring substituents is 2. The minimum atomic E-state index is -0.707. The lowest BCUT2D eigenvalue weighted by atomic mass is 10.2. The van der Waals surface area contributed by atoms with Crippen molar-refractivity contribution in [3.8, 4) is 0 Å². The summed E-state index contributed by atoms with van der Waals surface area (Å²) in [6.45, 7) is 1.68. The van der Waals surface area contributed by atoms with Crippen LogP contribution in [0.25, 0.3) is 11.0 Å². The third-order valence-corrected chi connectivity index (χ3v) is 3.52. The Bertz CT molecular complexity index is 976. The maximum atomic E-state index is 11.1. The van der Waals surface area contributed by atoms with Gasteiger partial charge in [-0.15, -0.1) is 0 Å². The highest BCUT2D eigenvalue weighted by Gasteiger charge is 2.19. The van der Waals surface area contributed by atoms with E-state index in [2.05, 4.69) is 10.5 Å². The molecule has 1 N–H and O–H groups in total. The van der Waals surface area contributed by atoms with Gasteiger partial charge in [0.25, 0.3) is 5.69 Å². The molecule has 0 aliphatic rings. The van der Waals surface area contributed by atoms with Gasteiger partial charge in [-0.25, -0.2) is 0 Å². The van der Waals surface area contributed by atoms with Crippen LogP contribution in [0.3, 0.4) is 0 Å². The van der Waals surface area contributed by atoms with E-state index in [0.717, 1.165) is 11.5 Å². The fraction of sp³-hybridized carbons (Fsp3) is 0.0625. The van der Waals surface area contributed by atoms with Gasteiger partial charge in [-0.3, -0.25) is 25.7 Å². The summed E-state index contributed by atoms with van der Waals surface area (Å²) in [6.07, 6.45) is 0. The largest absolute Gasteiger partial charge is 0.455 e. The van der Waals surface area contributed by atoms with Gasteiger partial charge in [0.1, 0.15) is 17.0 Å². The molecule has 9 nitrogen and oxygen atoms in total. The average molecular weight is 340 g/mol. The molecule has 3 rings (SSSR count). The van der Waals surface area contributed by atoms with Crippen LogP contribution in [0.5, 0.6) is 0 Å². The highest BCUT2D eigenvalue weighted by atomic mass is 16.6. The number of hydrogen-bond acceptors (Lipinski definition) is 7. The van der Waals surface area contributed by atoms with Crippen LogP contribution in [0.2, 0.25) is 0 Å². The van der Waals surface area contributed by atoms with Crippen LogP contribution >= 0.6 is 0 Å². The van der Waals surface area contributed by atoms with E-state index >= 15 is 0 Å². The lowest BCUT2D eigenvalue weighted by molar-refractivity contribution is -0.393. The molecule has 126 valence electrons. The number of para-hydroxylation sites is 1. The zero-order valence-corrected chi connectivity index (χ0v) is 13.0. The predicted molar refractivity (Wildman–Crippen MR) is 91.8 cm³/mol. The molecule has 1 aromatic heterocycles. The normalized spacial score (nSPS) is 11.5. The molecule has 9 heteroatoms. The maximum absolute atomic E-state index is 11.1. The molecule has 0 fully saturated rings. The molecule has 1 heterocycles. The first kappa shape index (κ1) is 16.1. The Balaban J connectivity index is 1.90. The van der Waals surface area contributed by atoms with Gasteiger partial charge in [-0.2, -0.15) is 5.10 Å². The number of anilines is 1. The van der Waals surface area contributed by atoms with Crippen LogP contribution in [0.1, 0.15) is 12.7 Å². The van der Waals surface area contributed by atoms with Crippen molar-refractivity contribution in [2.24, 2.45) is 5.10 Å². The molecule has 0 atom stereocenters. The molecule has 0 saturated heterocycles. The number of rotatable bonds is 5. The summed E-state index contributed by atoms with van der Waals surface area (Å²) < 4.78 is 5.65. The lowest BCUT2D eigenvalue weighted by Crippen LogP contribution is -2.01. The van der Waals surface area contributed by atoms with E-state index in [1.807, 2.05) is 24.3 Å². The Labute approximate surface area is 140 Å². The van der Waals surface area contributed by atoms with Crippen molar-refractivity contribution in [1.82, 2.24) is 0 Å². The second-order valence-electron chi connectivity index (χ2n) is 5.17. The Morgan fingerprint density at radius 3 is 2.52 bits per heavy atom. The Kier molecular flexibility index (Phi) is 4.12. The minimum Gasteiger partial charge on any atom is -0.455 e. The van der Waals surface area contributed by atoms with Crippen molar-refractivity contribution in [3.05, 3.63) is 74.5 Å². The van der Waals surface area contributed by atoms with E-state index < -0.39 is 15.5 Å². The first-order valence-electron chi connectivity index (χ1n) is 7.18. The number of hydrazone groups is 1. The fourth-order valence-corrected chi connectivity index (χ4v) is 2.24. The van der Waals surface area contributed by atoms with Crippen molar-refractivity contribution in [2.75, 3.05) is 5.43 Å². The molecule has 0 aliphatic heterocycles. The molecule has 0 amide bonds. The monoisotopic (exact) mass is 340 g/mol. The molecule has 0 unspecified atom stereocenters. The van der Waals surface area contributed by atoms with Gasteiger partial charge >= 0.3 is 5.69 Å². The van der Waals surface area contributed by atoms with Crippen molar-refractivity contribution >= 4 is 33.7 Å². The lowest BCUT2D eigenvalue weighted by Gasteiger charge is -2.03. The summed E-state index contributed by atoms with van der Waals surface area (Å²) in [5.41, 5.74) is 2.99. The number of fused-ring (bicyclic) bond motifs is 1. The summed E-state index contributed by atoms with van der Waals surface area (Å²) in [5, 5.41) is 26.8. The molecule has 0 saturated carbocycles. The Hall–Kier alpha value is -3.75. The SMILES string of the molecule is C/C(=N/Nc1ccc([N+](=O)[O-])cc1[N+](=O)[O-])c1cc2ccccc2o1. The van der Waals surface area contributed by atoms with E-state index in [1.54, 1.807) is 13.0 Å². The molecule has 0 bridgehead atoms. The van der Waals surface area contributed by atoms with Gasteiger partial charge in [0.2, 0.25) is 0 Å². The summed E-state index contributed by atoms with van der Waals surface area (Å²) in [6, 6.07) is 12.5. The topological polar surface area (TPSA) is 124 Å². The van der Waals surface area contributed by atoms with Gasteiger partial charge in [0, 0.05) is 11.5 Å². The van der Waals surface area contributed by atoms with Gasteiger partial charge < -0.3 is 4.42 Å². The highest BCUT2D eigenvalue weighted by molar-refractivity contribution is 6.00. The Morgan fingerprint density at radius 1 is 1.08 bits per heavy atom. The Morgan fingerprint density at radius 2 is 1.84 bits per heavy atom. The first-order valence-corrected chi connectivity index (χ1v) is 7.18.